The Morgan fingerprint density at radius 1 is 1.67 bits per heavy atom. The zero-order valence-electron chi connectivity index (χ0n) is 7.29. The van der Waals surface area contributed by atoms with Crippen molar-refractivity contribution in [2.24, 2.45) is 5.92 Å². The monoisotopic (exact) mass is 164 g/mol. The molecule has 0 amide bonds. The third kappa shape index (κ3) is 1.47. The molecule has 0 bridgehead atoms. The van der Waals surface area contributed by atoms with Crippen molar-refractivity contribution in [2.45, 2.75) is 13.8 Å². The van der Waals surface area contributed by atoms with Gasteiger partial charge in [0, 0.05) is 0 Å². The highest BCUT2D eigenvalue weighted by atomic mass is 16.3. The summed E-state index contributed by atoms with van der Waals surface area (Å²) in [6, 6.07) is 0. The molecular weight excluding hydrogens is 152 g/mol. The molecule has 1 unspecified atom stereocenters. The Hall–Kier alpha value is -1.31. The van der Waals surface area contributed by atoms with Crippen LogP contribution in [-0.4, -0.2) is 10.9 Å². The first-order valence-electron chi connectivity index (χ1n) is 3.81. The van der Waals surface area contributed by atoms with Gasteiger partial charge in [0.15, 0.2) is 5.78 Å². The number of rotatable bonds is 1. The molecule has 1 N–H and O–H groups in total. The molecule has 0 aromatic rings. The second kappa shape index (κ2) is 2.97. The van der Waals surface area contributed by atoms with Crippen LogP contribution in [0.15, 0.2) is 35.6 Å². The summed E-state index contributed by atoms with van der Waals surface area (Å²) in [6.07, 6.45) is 2.99. The van der Waals surface area contributed by atoms with Crippen LogP contribution in [0.1, 0.15) is 13.8 Å². The van der Waals surface area contributed by atoms with Crippen molar-refractivity contribution < 1.29 is 9.90 Å². The van der Waals surface area contributed by atoms with E-state index in [2.05, 4.69) is 6.58 Å². The van der Waals surface area contributed by atoms with Crippen molar-refractivity contribution in [3.05, 3.63) is 35.6 Å². The summed E-state index contributed by atoms with van der Waals surface area (Å²) in [4.78, 5) is 11.3. The summed E-state index contributed by atoms with van der Waals surface area (Å²) in [5.74, 6) is -0.158. The number of ketones is 1. The van der Waals surface area contributed by atoms with Crippen molar-refractivity contribution in [2.75, 3.05) is 0 Å². The van der Waals surface area contributed by atoms with Crippen LogP contribution in [0.25, 0.3) is 0 Å². The largest absolute Gasteiger partial charge is 0.508 e. The van der Waals surface area contributed by atoms with Crippen LogP contribution >= 0.6 is 0 Å². The average Bonchev–Trinajstić information content (AvgIpc) is 1.96. The fraction of sp³-hybridized carbons (Fsp3) is 0.300. The molecule has 0 heterocycles. The lowest BCUT2D eigenvalue weighted by atomic mass is 9.90. The molecule has 12 heavy (non-hydrogen) atoms. The molecule has 0 saturated carbocycles. The second-order valence-electron chi connectivity index (χ2n) is 3.11. The molecule has 1 aliphatic carbocycles. The minimum atomic E-state index is -0.339. The highest BCUT2D eigenvalue weighted by molar-refractivity contribution is 5.97. The first-order valence-corrected chi connectivity index (χ1v) is 3.81. The predicted molar refractivity (Wildman–Crippen MR) is 47.8 cm³/mol. The standard InChI is InChI=1S/C10H12O2/c1-6(2)8-5-9(11)7(3)4-10(8)12/h4-5,8,11H,1H2,2-3H3. The maximum absolute atomic E-state index is 11.3. The third-order valence-corrected chi connectivity index (χ3v) is 1.92. The molecule has 2 heteroatoms. The highest BCUT2D eigenvalue weighted by Crippen LogP contribution is 2.22. The smallest absolute Gasteiger partial charge is 0.167 e. The summed E-state index contributed by atoms with van der Waals surface area (Å²) in [5, 5.41) is 9.31. The SMILES string of the molecule is C=C(C)C1C=C(O)C(C)=CC1=O. The van der Waals surface area contributed by atoms with Crippen molar-refractivity contribution in [3.63, 3.8) is 0 Å². The quantitative estimate of drug-likeness (QED) is 0.603. The Morgan fingerprint density at radius 2 is 2.25 bits per heavy atom. The van der Waals surface area contributed by atoms with E-state index < -0.39 is 0 Å². The van der Waals surface area contributed by atoms with Gasteiger partial charge in [-0.1, -0.05) is 12.2 Å². The number of carbonyl (C=O) groups is 1. The van der Waals surface area contributed by atoms with Crippen molar-refractivity contribution in [1.82, 2.24) is 0 Å². The molecule has 0 radical (unpaired) electrons. The van der Waals surface area contributed by atoms with Crippen molar-refractivity contribution >= 4 is 5.78 Å². The van der Waals surface area contributed by atoms with Gasteiger partial charge < -0.3 is 5.11 Å². The Labute approximate surface area is 71.9 Å². The molecule has 1 atom stereocenters. The molecule has 0 saturated heterocycles. The minimum Gasteiger partial charge on any atom is -0.508 e. The minimum absolute atomic E-state index is 0.00204. The lowest BCUT2D eigenvalue weighted by Gasteiger charge is -2.15. The summed E-state index contributed by atoms with van der Waals surface area (Å²) in [6.45, 7) is 7.17. The summed E-state index contributed by atoms with van der Waals surface area (Å²) in [7, 11) is 0. The van der Waals surface area contributed by atoms with E-state index in [1.54, 1.807) is 19.9 Å². The Bertz CT molecular complexity index is 295. The van der Waals surface area contributed by atoms with E-state index in [4.69, 9.17) is 0 Å². The molecule has 0 spiro atoms. The molecule has 1 rings (SSSR count). The van der Waals surface area contributed by atoms with Crippen LogP contribution in [0.2, 0.25) is 0 Å². The van der Waals surface area contributed by atoms with Crippen molar-refractivity contribution in [1.29, 1.82) is 0 Å². The van der Waals surface area contributed by atoms with Gasteiger partial charge in [0.05, 0.1) is 5.92 Å². The van der Waals surface area contributed by atoms with E-state index >= 15 is 0 Å². The Kier molecular flexibility index (Phi) is 2.18. The number of aliphatic hydroxyl groups excluding tert-OH is 1. The van der Waals surface area contributed by atoms with Gasteiger partial charge in [-0.15, -0.1) is 0 Å². The lowest BCUT2D eigenvalue weighted by molar-refractivity contribution is -0.116. The molecule has 1 aliphatic rings. The van der Waals surface area contributed by atoms with Gasteiger partial charge in [0.2, 0.25) is 0 Å². The second-order valence-corrected chi connectivity index (χ2v) is 3.11. The van der Waals surface area contributed by atoms with E-state index in [1.165, 1.54) is 6.08 Å². The summed E-state index contributed by atoms with van der Waals surface area (Å²) < 4.78 is 0. The predicted octanol–water partition coefficient (Wildman–Crippen LogP) is 2.15. The summed E-state index contributed by atoms with van der Waals surface area (Å²) >= 11 is 0. The van der Waals surface area contributed by atoms with E-state index in [-0.39, 0.29) is 17.5 Å². The molecule has 0 aromatic carbocycles. The Balaban J connectivity index is 2.99. The number of hydrogen-bond donors (Lipinski definition) is 1. The van der Waals surface area contributed by atoms with Crippen LogP contribution in [0.5, 0.6) is 0 Å². The maximum Gasteiger partial charge on any atom is 0.167 e. The molecule has 0 aliphatic heterocycles. The van der Waals surface area contributed by atoms with Crippen LogP contribution < -0.4 is 0 Å². The van der Waals surface area contributed by atoms with Gasteiger partial charge in [0.1, 0.15) is 5.76 Å². The van der Waals surface area contributed by atoms with Gasteiger partial charge in [0.25, 0.3) is 0 Å². The first kappa shape index (κ1) is 8.78. The molecular formula is C10H12O2. The van der Waals surface area contributed by atoms with Crippen LogP contribution in [0, 0.1) is 5.92 Å². The number of allylic oxidation sites excluding steroid dienone is 4. The van der Waals surface area contributed by atoms with Crippen LogP contribution in [0.3, 0.4) is 0 Å². The molecule has 0 aromatic heterocycles. The Morgan fingerprint density at radius 3 is 2.75 bits per heavy atom. The zero-order valence-corrected chi connectivity index (χ0v) is 7.29. The average molecular weight is 164 g/mol. The lowest BCUT2D eigenvalue weighted by Crippen LogP contribution is -2.15. The van der Waals surface area contributed by atoms with Crippen molar-refractivity contribution in [3.8, 4) is 0 Å². The van der Waals surface area contributed by atoms with Crippen LogP contribution in [-0.2, 0) is 4.79 Å². The molecule has 0 fully saturated rings. The zero-order chi connectivity index (χ0) is 9.30. The summed E-state index contributed by atoms with van der Waals surface area (Å²) in [5.41, 5.74) is 1.38. The third-order valence-electron chi connectivity index (χ3n) is 1.92. The molecule has 2 nitrogen and oxygen atoms in total. The van der Waals surface area contributed by atoms with Gasteiger partial charge in [-0.3, -0.25) is 4.79 Å². The van der Waals surface area contributed by atoms with Gasteiger partial charge in [-0.2, -0.15) is 0 Å². The van der Waals surface area contributed by atoms with E-state index in [0.717, 1.165) is 5.57 Å². The fourth-order valence-corrected chi connectivity index (χ4v) is 1.13. The number of carbonyl (C=O) groups excluding carboxylic acids is 1. The number of aliphatic hydroxyl groups is 1. The van der Waals surface area contributed by atoms with Gasteiger partial charge >= 0.3 is 0 Å². The van der Waals surface area contributed by atoms with Crippen LogP contribution in [0.4, 0.5) is 0 Å². The molecule has 64 valence electrons. The van der Waals surface area contributed by atoms with E-state index in [0.29, 0.717) is 5.57 Å². The van der Waals surface area contributed by atoms with E-state index in [9.17, 15) is 9.90 Å². The highest BCUT2D eigenvalue weighted by Gasteiger charge is 2.20. The topological polar surface area (TPSA) is 37.3 Å². The van der Waals surface area contributed by atoms with E-state index in [1.807, 2.05) is 0 Å². The fourth-order valence-electron chi connectivity index (χ4n) is 1.13. The first-order chi connectivity index (χ1) is 5.52. The normalized spacial score (nSPS) is 23.2. The van der Waals surface area contributed by atoms with Gasteiger partial charge in [-0.05, 0) is 31.6 Å². The number of hydrogen-bond acceptors (Lipinski definition) is 2. The van der Waals surface area contributed by atoms with Gasteiger partial charge in [-0.25, -0.2) is 0 Å². The maximum atomic E-state index is 11.3.